The molecule has 1 saturated heterocycles. The first-order valence-corrected chi connectivity index (χ1v) is 7.12. The zero-order valence-corrected chi connectivity index (χ0v) is 12.5. The van der Waals surface area contributed by atoms with Crippen molar-refractivity contribution in [3.05, 3.63) is 0 Å². The Labute approximate surface area is 125 Å². The van der Waals surface area contributed by atoms with Crippen LogP contribution in [0.5, 0.6) is 0 Å². The SMILES string of the molecule is CN(CCBCC(N)=O)C(=O)NC(=O)CN1CCOCC1. The monoisotopic (exact) mass is 298 g/mol. The van der Waals surface area contributed by atoms with Gasteiger partial charge in [-0.3, -0.25) is 19.8 Å². The summed E-state index contributed by atoms with van der Waals surface area (Å²) in [5.41, 5.74) is 5.03. The second kappa shape index (κ2) is 9.35. The predicted molar refractivity (Wildman–Crippen MR) is 79.4 cm³/mol. The minimum atomic E-state index is -0.424. The molecule has 4 amide bonds. The van der Waals surface area contributed by atoms with Gasteiger partial charge in [-0.2, -0.15) is 0 Å². The van der Waals surface area contributed by atoms with E-state index in [0.717, 1.165) is 0 Å². The van der Waals surface area contributed by atoms with E-state index in [1.807, 2.05) is 4.90 Å². The van der Waals surface area contributed by atoms with Crippen LogP contribution in [0.4, 0.5) is 4.79 Å². The molecule has 0 saturated carbocycles. The van der Waals surface area contributed by atoms with Gasteiger partial charge >= 0.3 is 6.03 Å². The van der Waals surface area contributed by atoms with Gasteiger partial charge < -0.3 is 15.4 Å². The number of carbonyl (C=O) groups excluding carboxylic acids is 3. The smallest absolute Gasteiger partial charge is 0.323 e. The summed E-state index contributed by atoms with van der Waals surface area (Å²) in [6.45, 7) is 3.30. The van der Waals surface area contributed by atoms with Crippen molar-refractivity contribution < 1.29 is 19.1 Å². The highest BCUT2D eigenvalue weighted by molar-refractivity contribution is 6.41. The molecular formula is C12H23BN4O4. The first-order valence-electron chi connectivity index (χ1n) is 7.12. The summed E-state index contributed by atoms with van der Waals surface area (Å²) in [4.78, 5) is 37.5. The fourth-order valence-electron chi connectivity index (χ4n) is 1.97. The molecule has 0 atom stereocenters. The molecule has 1 rings (SSSR count). The lowest BCUT2D eigenvalue weighted by molar-refractivity contribution is -0.122. The Kier molecular flexibility index (Phi) is 7.77. The highest BCUT2D eigenvalue weighted by Gasteiger charge is 2.17. The van der Waals surface area contributed by atoms with Crippen LogP contribution in [0.15, 0.2) is 0 Å². The average Bonchev–Trinajstić information content (AvgIpc) is 2.44. The molecule has 0 aromatic rings. The third-order valence-corrected chi connectivity index (χ3v) is 3.23. The van der Waals surface area contributed by atoms with Crippen molar-refractivity contribution >= 4 is 25.1 Å². The second-order valence-electron chi connectivity index (χ2n) is 5.09. The van der Waals surface area contributed by atoms with Crippen molar-refractivity contribution in [3.8, 4) is 0 Å². The lowest BCUT2D eigenvalue weighted by Gasteiger charge is -2.26. The zero-order valence-electron chi connectivity index (χ0n) is 12.5. The maximum atomic E-state index is 11.8. The fourth-order valence-corrected chi connectivity index (χ4v) is 1.97. The number of rotatable bonds is 7. The Morgan fingerprint density at radius 3 is 2.62 bits per heavy atom. The molecule has 0 aromatic carbocycles. The number of morpholine rings is 1. The topological polar surface area (TPSA) is 105 Å². The number of nitrogens with one attached hydrogen (secondary N) is 1. The molecule has 118 valence electrons. The normalized spacial score (nSPS) is 15.3. The first kappa shape index (κ1) is 17.4. The van der Waals surface area contributed by atoms with E-state index >= 15 is 0 Å². The highest BCUT2D eigenvalue weighted by Crippen LogP contribution is 1.96. The Hall–Kier alpha value is -1.61. The molecule has 1 heterocycles. The maximum Gasteiger partial charge on any atom is 0.323 e. The molecule has 0 spiro atoms. The van der Waals surface area contributed by atoms with Crippen LogP contribution >= 0.6 is 0 Å². The van der Waals surface area contributed by atoms with Crippen LogP contribution in [0.25, 0.3) is 0 Å². The average molecular weight is 298 g/mol. The number of hydrogen-bond donors (Lipinski definition) is 2. The Balaban J connectivity index is 2.18. The second-order valence-corrected chi connectivity index (χ2v) is 5.09. The van der Waals surface area contributed by atoms with Crippen LogP contribution in [0.3, 0.4) is 0 Å². The molecule has 1 aliphatic heterocycles. The van der Waals surface area contributed by atoms with Crippen LogP contribution in [0.2, 0.25) is 12.6 Å². The van der Waals surface area contributed by atoms with Gasteiger partial charge in [-0.15, -0.1) is 0 Å². The van der Waals surface area contributed by atoms with E-state index in [2.05, 4.69) is 5.32 Å². The van der Waals surface area contributed by atoms with Gasteiger partial charge in [0, 0.05) is 33.0 Å². The third kappa shape index (κ3) is 7.67. The van der Waals surface area contributed by atoms with Crippen molar-refractivity contribution in [2.24, 2.45) is 5.73 Å². The molecule has 9 heteroatoms. The summed E-state index contributed by atoms with van der Waals surface area (Å²) in [6.07, 6.45) is 0.982. The molecule has 0 unspecified atom stereocenters. The first-order chi connectivity index (χ1) is 9.99. The fraction of sp³-hybridized carbons (Fsp3) is 0.750. The number of nitrogens with two attached hydrogens (primary N) is 1. The largest absolute Gasteiger partial charge is 0.379 e. The van der Waals surface area contributed by atoms with E-state index in [1.165, 1.54) is 4.90 Å². The van der Waals surface area contributed by atoms with Crippen LogP contribution in [0.1, 0.15) is 0 Å². The van der Waals surface area contributed by atoms with Gasteiger partial charge in [-0.05, 0) is 0 Å². The van der Waals surface area contributed by atoms with Gasteiger partial charge in [0.1, 0.15) is 7.28 Å². The van der Waals surface area contributed by atoms with E-state index in [1.54, 1.807) is 7.05 Å². The van der Waals surface area contributed by atoms with Gasteiger partial charge in [-0.1, -0.05) is 6.32 Å². The molecule has 1 fully saturated rings. The van der Waals surface area contributed by atoms with E-state index in [0.29, 0.717) is 52.8 Å². The summed E-state index contributed by atoms with van der Waals surface area (Å²) in [5.74, 6) is -0.659. The molecule has 0 bridgehead atoms. The molecule has 3 N–H and O–H groups in total. The van der Waals surface area contributed by atoms with E-state index in [4.69, 9.17) is 10.5 Å². The van der Waals surface area contributed by atoms with Gasteiger partial charge in [0.05, 0.1) is 19.8 Å². The summed E-state index contributed by atoms with van der Waals surface area (Å²) >= 11 is 0. The standard InChI is InChI=1S/C12H23BN4O4/c1-16(3-2-13-8-10(14)18)12(20)15-11(19)9-17-4-6-21-7-5-17/h13H,2-9H2,1H3,(H2,14,18)(H,15,19,20). The molecule has 0 radical (unpaired) electrons. The highest BCUT2D eigenvalue weighted by atomic mass is 16.5. The molecule has 8 nitrogen and oxygen atoms in total. The molecular weight excluding hydrogens is 275 g/mol. The van der Waals surface area contributed by atoms with Crippen LogP contribution < -0.4 is 11.1 Å². The Morgan fingerprint density at radius 2 is 2.00 bits per heavy atom. The Morgan fingerprint density at radius 1 is 1.33 bits per heavy atom. The van der Waals surface area contributed by atoms with E-state index < -0.39 is 6.03 Å². The quantitative estimate of drug-likeness (QED) is 0.428. The van der Waals surface area contributed by atoms with Gasteiger partial charge in [-0.25, -0.2) is 4.79 Å². The van der Waals surface area contributed by atoms with E-state index in [-0.39, 0.29) is 18.4 Å². The molecule has 0 aromatic heterocycles. The van der Waals surface area contributed by atoms with E-state index in [9.17, 15) is 14.4 Å². The number of amides is 4. The Bertz CT molecular complexity index is 374. The number of primary amides is 1. The summed E-state index contributed by atoms with van der Waals surface area (Å²) in [6, 6.07) is -0.424. The van der Waals surface area contributed by atoms with Crippen molar-refractivity contribution in [1.29, 1.82) is 0 Å². The number of nitrogens with zero attached hydrogens (tertiary/aromatic N) is 2. The van der Waals surface area contributed by atoms with Crippen molar-refractivity contribution in [1.82, 2.24) is 15.1 Å². The van der Waals surface area contributed by atoms with Crippen LogP contribution in [-0.2, 0) is 14.3 Å². The van der Waals surface area contributed by atoms with Crippen molar-refractivity contribution in [3.63, 3.8) is 0 Å². The van der Waals surface area contributed by atoms with Crippen molar-refractivity contribution in [2.75, 3.05) is 46.4 Å². The van der Waals surface area contributed by atoms with Crippen LogP contribution in [-0.4, -0.2) is 81.4 Å². The number of urea groups is 1. The van der Waals surface area contributed by atoms with Crippen molar-refractivity contribution in [2.45, 2.75) is 12.6 Å². The van der Waals surface area contributed by atoms with Gasteiger partial charge in [0.2, 0.25) is 11.8 Å². The molecule has 21 heavy (non-hydrogen) atoms. The van der Waals surface area contributed by atoms with Gasteiger partial charge in [0.15, 0.2) is 0 Å². The number of hydrogen-bond acceptors (Lipinski definition) is 5. The summed E-state index contributed by atoms with van der Waals surface area (Å²) in [7, 11) is 2.25. The minimum absolute atomic E-state index is 0.199. The lowest BCUT2D eigenvalue weighted by atomic mass is 9.71. The summed E-state index contributed by atoms with van der Waals surface area (Å²) < 4.78 is 5.19. The van der Waals surface area contributed by atoms with Gasteiger partial charge in [0.25, 0.3) is 0 Å². The predicted octanol–water partition coefficient (Wildman–Crippen LogP) is -1.75. The number of carbonyl (C=O) groups is 3. The minimum Gasteiger partial charge on any atom is -0.379 e. The molecule has 1 aliphatic rings. The third-order valence-electron chi connectivity index (χ3n) is 3.23. The lowest BCUT2D eigenvalue weighted by Crippen LogP contribution is -2.47. The molecule has 0 aliphatic carbocycles. The van der Waals surface area contributed by atoms with Crippen LogP contribution in [0, 0.1) is 0 Å². The summed E-state index contributed by atoms with van der Waals surface area (Å²) in [5, 5.41) is 2.35. The number of ether oxygens (including phenoxy) is 1. The number of imide groups is 1. The maximum absolute atomic E-state index is 11.8. The zero-order chi connectivity index (χ0) is 15.7.